The molecule has 21 heavy (non-hydrogen) atoms. The van der Waals surface area contributed by atoms with E-state index >= 15 is 0 Å². The second kappa shape index (κ2) is 4.85. The molecule has 2 aliphatic carbocycles. The number of ether oxygens (including phenoxy) is 1. The second-order valence-electron chi connectivity index (χ2n) is 7.22. The first-order chi connectivity index (χ1) is 9.75. The van der Waals surface area contributed by atoms with Gasteiger partial charge in [0.05, 0.1) is 5.56 Å². The maximum atomic E-state index is 6.37. The van der Waals surface area contributed by atoms with Crippen LogP contribution >= 0.6 is 23.8 Å². The van der Waals surface area contributed by atoms with Crippen LogP contribution in [-0.4, -0.2) is 11.1 Å². The molecule has 0 radical (unpaired) electrons. The van der Waals surface area contributed by atoms with Crippen LogP contribution in [0.5, 0.6) is 5.75 Å². The fourth-order valence-corrected chi connectivity index (χ4v) is 4.59. The summed E-state index contributed by atoms with van der Waals surface area (Å²) in [7, 11) is 0. The lowest BCUT2D eigenvalue weighted by Crippen LogP contribution is -2.39. The molecule has 2 saturated carbocycles. The molecule has 3 unspecified atom stereocenters. The molecule has 0 aliphatic heterocycles. The van der Waals surface area contributed by atoms with Gasteiger partial charge in [0.25, 0.3) is 0 Å². The van der Waals surface area contributed by atoms with Crippen molar-refractivity contribution in [2.45, 2.75) is 46.1 Å². The van der Waals surface area contributed by atoms with E-state index in [9.17, 15) is 0 Å². The largest absolute Gasteiger partial charge is 0.489 e. The molecule has 0 saturated heterocycles. The van der Waals surface area contributed by atoms with E-state index in [0.717, 1.165) is 23.7 Å². The Labute approximate surface area is 137 Å². The summed E-state index contributed by atoms with van der Waals surface area (Å²) < 4.78 is 6.37. The normalized spacial score (nSPS) is 33.1. The molecule has 1 aromatic rings. The Kier molecular flexibility index (Phi) is 3.49. The van der Waals surface area contributed by atoms with Crippen molar-refractivity contribution < 1.29 is 4.74 Å². The topological polar surface area (TPSA) is 35.2 Å². The van der Waals surface area contributed by atoms with Crippen molar-refractivity contribution in [1.29, 1.82) is 0 Å². The third-order valence-electron chi connectivity index (χ3n) is 6.19. The minimum Gasteiger partial charge on any atom is -0.489 e. The van der Waals surface area contributed by atoms with E-state index in [1.807, 2.05) is 12.1 Å². The maximum absolute atomic E-state index is 6.37. The van der Waals surface area contributed by atoms with Crippen LogP contribution in [0.3, 0.4) is 0 Å². The van der Waals surface area contributed by atoms with Gasteiger partial charge in [-0.1, -0.05) is 44.6 Å². The Balaban J connectivity index is 1.92. The van der Waals surface area contributed by atoms with E-state index in [1.54, 1.807) is 6.07 Å². The van der Waals surface area contributed by atoms with Gasteiger partial charge in [-0.15, -0.1) is 0 Å². The summed E-state index contributed by atoms with van der Waals surface area (Å²) in [6.07, 6.45) is 3.84. The van der Waals surface area contributed by atoms with Gasteiger partial charge in [-0.25, -0.2) is 0 Å². The van der Waals surface area contributed by atoms with Gasteiger partial charge in [0.1, 0.15) is 16.8 Å². The Bertz CT molecular complexity index is 600. The summed E-state index contributed by atoms with van der Waals surface area (Å²) in [5, 5.41) is 0.651. The number of rotatable bonds is 3. The standard InChI is InChI=1S/C17H22ClNOS/c1-16(2)10-6-7-17(16,3)14(8-10)20-13-9-11(18)4-5-12(13)15(19)21/h4-5,9-10,14H,6-8H2,1-3H3,(H2,19,21). The number of fused-ring (bicyclic) bond motifs is 2. The third kappa shape index (κ3) is 2.17. The first-order valence-electron chi connectivity index (χ1n) is 7.52. The van der Waals surface area contributed by atoms with Crippen molar-refractivity contribution in [2.75, 3.05) is 0 Å². The van der Waals surface area contributed by atoms with Crippen LogP contribution in [0.4, 0.5) is 0 Å². The van der Waals surface area contributed by atoms with Crippen LogP contribution in [0.2, 0.25) is 5.02 Å². The average molecular weight is 324 g/mol. The van der Waals surface area contributed by atoms with Crippen molar-refractivity contribution >= 4 is 28.8 Å². The molecule has 0 aromatic heterocycles. The van der Waals surface area contributed by atoms with Crippen molar-refractivity contribution in [2.24, 2.45) is 22.5 Å². The van der Waals surface area contributed by atoms with Crippen LogP contribution < -0.4 is 10.5 Å². The summed E-state index contributed by atoms with van der Waals surface area (Å²) >= 11 is 11.2. The van der Waals surface area contributed by atoms with E-state index in [-0.39, 0.29) is 11.5 Å². The van der Waals surface area contributed by atoms with Crippen LogP contribution in [0.25, 0.3) is 0 Å². The molecule has 4 heteroatoms. The van der Waals surface area contributed by atoms with Crippen LogP contribution in [0.1, 0.15) is 45.6 Å². The number of nitrogens with two attached hydrogens (primary N) is 1. The van der Waals surface area contributed by atoms with E-state index in [1.165, 1.54) is 12.8 Å². The van der Waals surface area contributed by atoms with Crippen LogP contribution in [0, 0.1) is 16.7 Å². The highest BCUT2D eigenvalue weighted by molar-refractivity contribution is 7.80. The molecule has 3 atom stereocenters. The fraction of sp³-hybridized carbons (Fsp3) is 0.588. The average Bonchev–Trinajstić information content (AvgIpc) is 2.71. The Morgan fingerprint density at radius 1 is 1.38 bits per heavy atom. The van der Waals surface area contributed by atoms with E-state index in [0.29, 0.717) is 15.4 Å². The molecule has 2 aliphatic rings. The Morgan fingerprint density at radius 2 is 2.10 bits per heavy atom. The molecule has 3 rings (SSSR count). The summed E-state index contributed by atoms with van der Waals surface area (Å²) in [5.41, 5.74) is 7.11. The number of hydrogen-bond donors (Lipinski definition) is 1. The molecule has 2 nitrogen and oxygen atoms in total. The quantitative estimate of drug-likeness (QED) is 0.828. The number of thiocarbonyl (C=S) groups is 1. The lowest BCUT2D eigenvalue weighted by atomic mass is 9.70. The second-order valence-corrected chi connectivity index (χ2v) is 8.10. The minimum absolute atomic E-state index is 0.202. The number of benzene rings is 1. The summed E-state index contributed by atoms with van der Waals surface area (Å²) in [5.74, 6) is 1.46. The van der Waals surface area contributed by atoms with Crippen molar-refractivity contribution in [1.82, 2.24) is 0 Å². The molecule has 2 bridgehead atoms. The zero-order valence-corrected chi connectivity index (χ0v) is 14.4. The molecular formula is C17H22ClNOS. The van der Waals surface area contributed by atoms with Gasteiger partial charge in [0.2, 0.25) is 0 Å². The molecule has 0 heterocycles. The summed E-state index contributed by atoms with van der Waals surface area (Å²) in [4.78, 5) is 0.356. The molecule has 0 amide bonds. The summed E-state index contributed by atoms with van der Waals surface area (Å²) in [6.45, 7) is 7.11. The van der Waals surface area contributed by atoms with Gasteiger partial charge in [0, 0.05) is 10.4 Å². The molecule has 2 N–H and O–H groups in total. The smallest absolute Gasteiger partial charge is 0.131 e. The number of hydrogen-bond acceptors (Lipinski definition) is 2. The summed E-state index contributed by atoms with van der Waals surface area (Å²) in [6, 6.07) is 5.48. The molecule has 2 fully saturated rings. The zero-order chi connectivity index (χ0) is 15.4. The highest BCUT2D eigenvalue weighted by atomic mass is 35.5. The fourth-order valence-electron chi connectivity index (χ4n) is 4.26. The molecule has 114 valence electrons. The zero-order valence-electron chi connectivity index (χ0n) is 12.8. The minimum atomic E-state index is 0.202. The molecular weight excluding hydrogens is 302 g/mol. The Hall–Kier alpha value is -0.800. The van der Waals surface area contributed by atoms with Gasteiger partial charge < -0.3 is 10.5 Å². The first-order valence-corrected chi connectivity index (χ1v) is 8.30. The SMILES string of the molecule is CC1(C)C2CCC1(C)C(Oc1cc(Cl)ccc1C(N)=S)C2. The predicted molar refractivity (Wildman–Crippen MR) is 91.0 cm³/mol. The van der Waals surface area contributed by atoms with Gasteiger partial charge in [0.15, 0.2) is 0 Å². The molecule has 0 spiro atoms. The first kappa shape index (κ1) is 15.1. The van der Waals surface area contributed by atoms with Crippen molar-refractivity contribution in [3.63, 3.8) is 0 Å². The van der Waals surface area contributed by atoms with Gasteiger partial charge in [-0.2, -0.15) is 0 Å². The van der Waals surface area contributed by atoms with Crippen LogP contribution in [0.15, 0.2) is 18.2 Å². The highest BCUT2D eigenvalue weighted by Gasteiger charge is 2.62. The van der Waals surface area contributed by atoms with E-state index < -0.39 is 0 Å². The predicted octanol–water partition coefficient (Wildman–Crippen LogP) is 4.57. The van der Waals surface area contributed by atoms with E-state index in [4.69, 9.17) is 34.3 Å². The number of halogens is 1. The highest BCUT2D eigenvalue weighted by Crippen LogP contribution is 2.66. The van der Waals surface area contributed by atoms with Crippen LogP contribution in [-0.2, 0) is 0 Å². The molecule has 1 aromatic carbocycles. The van der Waals surface area contributed by atoms with Gasteiger partial charge in [-0.05, 0) is 48.8 Å². The maximum Gasteiger partial charge on any atom is 0.131 e. The van der Waals surface area contributed by atoms with Crippen molar-refractivity contribution in [3.05, 3.63) is 28.8 Å². The lowest BCUT2D eigenvalue weighted by Gasteiger charge is -2.39. The van der Waals surface area contributed by atoms with Gasteiger partial charge >= 0.3 is 0 Å². The Morgan fingerprint density at radius 3 is 2.62 bits per heavy atom. The van der Waals surface area contributed by atoms with Crippen molar-refractivity contribution in [3.8, 4) is 5.75 Å². The van der Waals surface area contributed by atoms with E-state index in [2.05, 4.69) is 20.8 Å². The monoisotopic (exact) mass is 323 g/mol. The lowest BCUT2D eigenvalue weighted by molar-refractivity contribution is 0.0301. The third-order valence-corrected chi connectivity index (χ3v) is 6.65. The van der Waals surface area contributed by atoms with Gasteiger partial charge in [-0.3, -0.25) is 0 Å².